The molecule has 0 atom stereocenters. The summed E-state index contributed by atoms with van der Waals surface area (Å²) in [6, 6.07) is 15.1. The Morgan fingerprint density at radius 1 is 0.917 bits per heavy atom. The van der Waals surface area contributed by atoms with Gasteiger partial charge in [0.05, 0.1) is 12.7 Å². The van der Waals surface area contributed by atoms with Crippen LogP contribution in [0.3, 0.4) is 0 Å². The lowest BCUT2D eigenvalue weighted by atomic mass is 10.1. The van der Waals surface area contributed by atoms with Crippen LogP contribution < -0.4 is 4.74 Å². The maximum absolute atomic E-state index is 12.0. The fraction of sp³-hybridized carbons (Fsp3) is 0.105. The van der Waals surface area contributed by atoms with Gasteiger partial charge in [-0.1, -0.05) is 30.3 Å². The summed E-state index contributed by atoms with van der Waals surface area (Å²) >= 11 is 0. The number of carbonyl (C=O) groups excluding carboxylic acids is 3. The lowest BCUT2D eigenvalue weighted by molar-refractivity contribution is -0.137. The molecule has 0 aliphatic heterocycles. The van der Waals surface area contributed by atoms with E-state index < -0.39 is 11.9 Å². The maximum Gasteiger partial charge on any atom is 0.343 e. The first-order chi connectivity index (χ1) is 11.5. The number of Topliss-reactive ketones (excluding diaryl/α,β-unsaturated/α-hetero) is 1. The number of esters is 2. The smallest absolute Gasteiger partial charge is 0.343 e. The average Bonchev–Trinajstić information content (AvgIpc) is 2.60. The second kappa shape index (κ2) is 7.87. The van der Waals surface area contributed by atoms with Crippen LogP contribution in [0.25, 0.3) is 6.08 Å². The molecule has 0 fully saturated rings. The molecule has 2 aromatic rings. The van der Waals surface area contributed by atoms with Crippen LogP contribution in [0, 0.1) is 0 Å². The van der Waals surface area contributed by atoms with Gasteiger partial charge in [0.1, 0.15) is 11.3 Å². The van der Waals surface area contributed by atoms with Crippen molar-refractivity contribution in [3.05, 3.63) is 71.3 Å². The number of hydrogen-bond donors (Lipinski definition) is 0. The highest BCUT2D eigenvalue weighted by Crippen LogP contribution is 2.17. The van der Waals surface area contributed by atoms with E-state index in [0.717, 1.165) is 0 Å². The summed E-state index contributed by atoms with van der Waals surface area (Å²) in [6.45, 7) is 1.29. The quantitative estimate of drug-likeness (QED) is 0.278. The molecule has 0 saturated heterocycles. The van der Waals surface area contributed by atoms with E-state index in [-0.39, 0.29) is 11.4 Å². The van der Waals surface area contributed by atoms with Crippen LogP contribution in [-0.4, -0.2) is 24.8 Å². The summed E-state index contributed by atoms with van der Waals surface area (Å²) in [6.07, 6.45) is 1.43. The molecule has 2 aromatic carbocycles. The molecule has 5 nitrogen and oxygen atoms in total. The molecule has 2 rings (SSSR count). The molecule has 0 aliphatic rings. The van der Waals surface area contributed by atoms with Crippen LogP contribution >= 0.6 is 0 Å². The number of rotatable bonds is 5. The fourth-order valence-electron chi connectivity index (χ4n) is 1.95. The van der Waals surface area contributed by atoms with E-state index in [1.165, 1.54) is 20.1 Å². The predicted molar refractivity (Wildman–Crippen MR) is 88.5 cm³/mol. The van der Waals surface area contributed by atoms with Crippen molar-refractivity contribution in [3.63, 3.8) is 0 Å². The third-order valence-corrected chi connectivity index (χ3v) is 3.20. The summed E-state index contributed by atoms with van der Waals surface area (Å²) in [4.78, 5) is 35.0. The third kappa shape index (κ3) is 4.39. The van der Waals surface area contributed by atoms with Gasteiger partial charge in [-0.3, -0.25) is 4.79 Å². The van der Waals surface area contributed by atoms with Crippen molar-refractivity contribution in [3.8, 4) is 5.75 Å². The fourth-order valence-corrected chi connectivity index (χ4v) is 1.95. The van der Waals surface area contributed by atoms with Gasteiger partial charge in [-0.05, 0) is 42.8 Å². The molecule has 0 radical (unpaired) electrons. The zero-order valence-electron chi connectivity index (χ0n) is 13.3. The van der Waals surface area contributed by atoms with Gasteiger partial charge in [-0.25, -0.2) is 9.59 Å². The lowest BCUT2D eigenvalue weighted by Gasteiger charge is -2.05. The van der Waals surface area contributed by atoms with Crippen LogP contribution in [0.2, 0.25) is 0 Å². The second-order valence-electron chi connectivity index (χ2n) is 4.93. The molecule has 0 aromatic heterocycles. The Labute approximate surface area is 139 Å². The number of hydrogen-bond acceptors (Lipinski definition) is 5. The van der Waals surface area contributed by atoms with Crippen LogP contribution in [0.1, 0.15) is 22.8 Å². The minimum Gasteiger partial charge on any atom is -0.465 e. The normalized spacial score (nSPS) is 10.8. The van der Waals surface area contributed by atoms with Gasteiger partial charge in [0, 0.05) is 0 Å². The Hall–Kier alpha value is -3.21. The Balaban J connectivity index is 2.14. The number of methoxy groups -OCH3 is 1. The van der Waals surface area contributed by atoms with Gasteiger partial charge < -0.3 is 9.47 Å². The Bertz CT molecular complexity index is 773. The maximum atomic E-state index is 12.0. The van der Waals surface area contributed by atoms with Crippen molar-refractivity contribution < 1.29 is 23.9 Å². The van der Waals surface area contributed by atoms with E-state index >= 15 is 0 Å². The largest absolute Gasteiger partial charge is 0.465 e. The van der Waals surface area contributed by atoms with Crippen molar-refractivity contribution in [1.29, 1.82) is 0 Å². The zero-order chi connectivity index (χ0) is 17.5. The predicted octanol–water partition coefficient (Wildman–Crippen LogP) is 3.05. The van der Waals surface area contributed by atoms with Gasteiger partial charge >= 0.3 is 11.9 Å². The molecule has 0 bridgehead atoms. The third-order valence-electron chi connectivity index (χ3n) is 3.20. The molecule has 122 valence electrons. The average molecular weight is 324 g/mol. The Kier molecular flexibility index (Phi) is 5.63. The number of ether oxygens (including phenoxy) is 2. The van der Waals surface area contributed by atoms with Gasteiger partial charge in [0.2, 0.25) is 0 Å². The van der Waals surface area contributed by atoms with Crippen molar-refractivity contribution in [2.45, 2.75) is 6.92 Å². The van der Waals surface area contributed by atoms with Crippen molar-refractivity contribution in [2.75, 3.05) is 7.11 Å². The topological polar surface area (TPSA) is 69.7 Å². The molecule has 24 heavy (non-hydrogen) atoms. The standard InChI is InChI=1S/C19H16O5/c1-13(20)17(19(22)23-2)12-14-8-10-16(11-9-14)24-18(21)15-6-4-3-5-7-15/h3-12H,1-2H3/b17-12+. The number of carbonyl (C=O) groups is 3. The molecule has 0 unspecified atom stereocenters. The van der Waals surface area contributed by atoms with Gasteiger partial charge in [0.15, 0.2) is 5.78 Å². The Morgan fingerprint density at radius 2 is 1.54 bits per heavy atom. The highest BCUT2D eigenvalue weighted by Gasteiger charge is 2.14. The van der Waals surface area contributed by atoms with E-state index in [9.17, 15) is 14.4 Å². The summed E-state index contributed by atoms with van der Waals surface area (Å²) in [5, 5.41) is 0. The van der Waals surface area contributed by atoms with Crippen LogP contribution in [0.15, 0.2) is 60.2 Å². The molecule has 0 saturated carbocycles. The Morgan fingerprint density at radius 3 is 2.08 bits per heavy atom. The van der Waals surface area contributed by atoms with E-state index in [0.29, 0.717) is 16.9 Å². The number of ketones is 1. The van der Waals surface area contributed by atoms with Gasteiger partial charge in [-0.2, -0.15) is 0 Å². The minimum absolute atomic E-state index is 0.0495. The molecule has 5 heteroatoms. The first-order valence-corrected chi connectivity index (χ1v) is 7.19. The number of benzene rings is 2. The highest BCUT2D eigenvalue weighted by atomic mass is 16.5. The summed E-state index contributed by atoms with van der Waals surface area (Å²) < 4.78 is 9.83. The molecule has 0 N–H and O–H groups in total. The van der Waals surface area contributed by atoms with Gasteiger partial charge in [-0.15, -0.1) is 0 Å². The van der Waals surface area contributed by atoms with E-state index in [1.807, 2.05) is 6.07 Å². The molecule has 0 spiro atoms. The van der Waals surface area contributed by atoms with Gasteiger partial charge in [0.25, 0.3) is 0 Å². The summed E-state index contributed by atoms with van der Waals surface area (Å²) in [7, 11) is 1.21. The van der Waals surface area contributed by atoms with Crippen molar-refractivity contribution in [1.82, 2.24) is 0 Å². The summed E-state index contributed by atoms with van der Waals surface area (Å²) in [5.74, 6) is -1.18. The molecule has 0 heterocycles. The van der Waals surface area contributed by atoms with E-state index in [2.05, 4.69) is 4.74 Å². The molecular weight excluding hydrogens is 308 g/mol. The van der Waals surface area contributed by atoms with Crippen LogP contribution in [0.5, 0.6) is 5.75 Å². The second-order valence-corrected chi connectivity index (χ2v) is 4.93. The highest BCUT2D eigenvalue weighted by molar-refractivity contribution is 6.19. The van der Waals surface area contributed by atoms with E-state index in [4.69, 9.17) is 4.74 Å². The first-order valence-electron chi connectivity index (χ1n) is 7.19. The van der Waals surface area contributed by atoms with Crippen molar-refractivity contribution in [2.24, 2.45) is 0 Å². The van der Waals surface area contributed by atoms with Crippen LogP contribution in [0.4, 0.5) is 0 Å². The first kappa shape index (κ1) is 17.1. The summed E-state index contributed by atoms with van der Waals surface area (Å²) in [5.41, 5.74) is 1.02. The molecule has 0 aliphatic carbocycles. The molecule has 0 amide bonds. The SMILES string of the molecule is COC(=O)/C(=C/c1ccc(OC(=O)c2ccccc2)cc1)C(C)=O. The molecular formula is C19H16O5. The van der Waals surface area contributed by atoms with Crippen molar-refractivity contribution >= 4 is 23.8 Å². The minimum atomic E-state index is -0.693. The lowest BCUT2D eigenvalue weighted by Crippen LogP contribution is -2.11. The zero-order valence-corrected chi connectivity index (χ0v) is 13.3. The van der Waals surface area contributed by atoms with Crippen LogP contribution in [-0.2, 0) is 14.3 Å². The monoisotopic (exact) mass is 324 g/mol. The van der Waals surface area contributed by atoms with E-state index in [1.54, 1.807) is 48.5 Å².